The van der Waals surface area contributed by atoms with Gasteiger partial charge in [0.05, 0.1) is 0 Å². The van der Waals surface area contributed by atoms with Crippen LogP contribution in [0.5, 0.6) is 0 Å². The summed E-state index contributed by atoms with van der Waals surface area (Å²) < 4.78 is 5.36. The van der Waals surface area contributed by atoms with Gasteiger partial charge in [-0.2, -0.15) is 0 Å². The zero-order valence-corrected chi connectivity index (χ0v) is 15.5. The highest BCUT2D eigenvalue weighted by Crippen LogP contribution is 2.36. The average molecular weight is 362 g/mol. The van der Waals surface area contributed by atoms with Gasteiger partial charge in [-0.05, 0) is 48.7 Å². The van der Waals surface area contributed by atoms with E-state index in [1.165, 1.54) is 18.1 Å². The molecular formula is C22H22N2O3. The van der Waals surface area contributed by atoms with E-state index in [2.05, 4.69) is 41.5 Å². The average Bonchev–Trinajstić information content (AvgIpc) is 3.05. The maximum Gasteiger partial charge on any atom is 0.336 e. The molecule has 1 heterocycles. The number of carbonyl (C=O) groups excluding carboxylic acids is 1. The molecule has 3 aromatic rings. The Morgan fingerprint density at radius 1 is 1.22 bits per heavy atom. The van der Waals surface area contributed by atoms with Crippen LogP contribution >= 0.6 is 0 Å². The van der Waals surface area contributed by atoms with E-state index >= 15 is 0 Å². The smallest absolute Gasteiger partial charge is 0.336 e. The molecule has 0 saturated heterocycles. The van der Waals surface area contributed by atoms with E-state index in [9.17, 15) is 9.59 Å². The Kier molecular flexibility index (Phi) is 4.54. The monoisotopic (exact) mass is 362 g/mol. The summed E-state index contributed by atoms with van der Waals surface area (Å²) in [6.07, 6.45) is 2.17. The van der Waals surface area contributed by atoms with Gasteiger partial charge in [-0.25, -0.2) is 4.79 Å². The molecule has 0 saturated carbocycles. The summed E-state index contributed by atoms with van der Waals surface area (Å²) in [6, 6.07) is 15.9. The van der Waals surface area contributed by atoms with Crippen molar-refractivity contribution in [3.8, 4) is 0 Å². The van der Waals surface area contributed by atoms with Crippen molar-refractivity contribution < 1.29 is 9.21 Å². The van der Waals surface area contributed by atoms with Crippen molar-refractivity contribution in [3.05, 3.63) is 75.6 Å². The number of rotatable bonds is 4. The highest BCUT2D eigenvalue weighted by molar-refractivity contribution is 5.92. The van der Waals surface area contributed by atoms with Crippen LogP contribution in [-0.2, 0) is 17.8 Å². The molecule has 0 fully saturated rings. The van der Waals surface area contributed by atoms with Crippen molar-refractivity contribution in [1.29, 1.82) is 0 Å². The molecule has 1 amide bonds. The van der Waals surface area contributed by atoms with E-state index in [0.29, 0.717) is 23.9 Å². The van der Waals surface area contributed by atoms with Gasteiger partial charge in [-0.3, -0.25) is 9.69 Å². The first-order valence-electron chi connectivity index (χ1n) is 9.13. The Balaban J connectivity index is 1.65. The number of nitrogens with zero attached hydrogens (tertiary/aromatic N) is 1. The highest BCUT2D eigenvalue weighted by atomic mass is 16.4. The largest absolute Gasteiger partial charge is 0.423 e. The van der Waals surface area contributed by atoms with E-state index in [1.54, 1.807) is 12.1 Å². The summed E-state index contributed by atoms with van der Waals surface area (Å²) in [5.41, 5.74) is 4.45. The van der Waals surface area contributed by atoms with Gasteiger partial charge in [0.25, 0.3) is 0 Å². The van der Waals surface area contributed by atoms with Gasteiger partial charge in [0.2, 0.25) is 5.91 Å². The summed E-state index contributed by atoms with van der Waals surface area (Å²) in [7, 11) is 2.10. The summed E-state index contributed by atoms with van der Waals surface area (Å²) >= 11 is 0. The van der Waals surface area contributed by atoms with Crippen LogP contribution in [-0.4, -0.2) is 17.9 Å². The molecule has 1 unspecified atom stereocenters. The number of carbonyl (C=O) groups is 1. The van der Waals surface area contributed by atoms with Crippen molar-refractivity contribution in [1.82, 2.24) is 4.90 Å². The van der Waals surface area contributed by atoms with Crippen molar-refractivity contribution in [2.75, 3.05) is 12.4 Å². The molecule has 27 heavy (non-hydrogen) atoms. The molecule has 1 aliphatic carbocycles. The first-order valence-corrected chi connectivity index (χ1v) is 9.13. The van der Waals surface area contributed by atoms with E-state index in [1.807, 2.05) is 12.1 Å². The molecule has 1 atom stereocenters. The fraction of sp³-hybridized carbons (Fsp3) is 0.273. The molecule has 2 aromatic carbocycles. The molecule has 4 rings (SSSR count). The Morgan fingerprint density at radius 2 is 2.04 bits per heavy atom. The fourth-order valence-corrected chi connectivity index (χ4v) is 4.01. The number of nitrogens with one attached hydrogen (secondary N) is 1. The SMILES string of the molecule is CC(=O)Nc1ccc2c(CN(C)C3CCc4ccccc43)cc(=O)oc2c1. The summed E-state index contributed by atoms with van der Waals surface area (Å²) in [4.78, 5) is 25.6. The lowest BCUT2D eigenvalue weighted by Gasteiger charge is -2.25. The minimum absolute atomic E-state index is 0.160. The maximum absolute atomic E-state index is 12.1. The lowest BCUT2D eigenvalue weighted by molar-refractivity contribution is -0.114. The Labute approximate surface area is 157 Å². The lowest BCUT2D eigenvalue weighted by Crippen LogP contribution is -2.23. The van der Waals surface area contributed by atoms with Crippen LogP contribution in [0.25, 0.3) is 11.0 Å². The van der Waals surface area contributed by atoms with Gasteiger partial charge in [-0.1, -0.05) is 24.3 Å². The number of hydrogen-bond acceptors (Lipinski definition) is 4. The molecule has 0 bridgehead atoms. The molecule has 5 heteroatoms. The van der Waals surface area contributed by atoms with Crippen LogP contribution in [0.3, 0.4) is 0 Å². The van der Waals surface area contributed by atoms with Crippen LogP contribution in [0.2, 0.25) is 0 Å². The van der Waals surface area contributed by atoms with Gasteiger partial charge in [-0.15, -0.1) is 0 Å². The standard InChI is InChI=1S/C22H22N2O3/c1-14(25)23-17-8-9-19-16(11-22(26)27-21(19)12-17)13-24(2)20-10-7-15-5-3-4-6-18(15)20/h3-6,8-9,11-12,20H,7,10,13H2,1-2H3,(H,23,25). The van der Waals surface area contributed by atoms with Gasteiger partial charge >= 0.3 is 5.63 Å². The molecule has 1 aromatic heterocycles. The third kappa shape index (κ3) is 3.51. The van der Waals surface area contributed by atoms with Gasteiger partial charge < -0.3 is 9.73 Å². The molecule has 1 aliphatic rings. The third-order valence-electron chi connectivity index (χ3n) is 5.20. The van der Waals surface area contributed by atoms with Crippen LogP contribution in [0.4, 0.5) is 5.69 Å². The number of amides is 1. The minimum Gasteiger partial charge on any atom is -0.423 e. The number of aryl methyl sites for hydroxylation is 1. The van der Waals surface area contributed by atoms with E-state index in [0.717, 1.165) is 23.8 Å². The lowest BCUT2D eigenvalue weighted by atomic mass is 10.1. The molecule has 0 aliphatic heterocycles. The van der Waals surface area contributed by atoms with Crippen molar-refractivity contribution >= 4 is 22.6 Å². The Hall–Kier alpha value is -2.92. The molecule has 5 nitrogen and oxygen atoms in total. The topological polar surface area (TPSA) is 62.6 Å². The number of hydrogen-bond donors (Lipinski definition) is 1. The van der Waals surface area contributed by atoms with E-state index < -0.39 is 0 Å². The molecule has 1 N–H and O–H groups in total. The van der Waals surface area contributed by atoms with Crippen molar-refractivity contribution in [3.63, 3.8) is 0 Å². The van der Waals surface area contributed by atoms with Gasteiger partial charge in [0.1, 0.15) is 5.58 Å². The van der Waals surface area contributed by atoms with E-state index in [4.69, 9.17) is 4.42 Å². The van der Waals surface area contributed by atoms with Crippen LogP contribution < -0.4 is 10.9 Å². The number of fused-ring (bicyclic) bond motifs is 2. The second kappa shape index (κ2) is 7.00. The Morgan fingerprint density at radius 3 is 2.85 bits per heavy atom. The highest BCUT2D eigenvalue weighted by Gasteiger charge is 2.25. The fourth-order valence-electron chi connectivity index (χ4n) is 4.01. The summed E-state index contributed by atoms with van der Waals surface area (Å²) in [6.45, 7) is 2.10. The first-order chi connectivity index (χ1) is 13.0. The normalized spacial score (nSPS) is 15.9. The first kappa shape index (κ1) is 17.5. The van der Waals surface area contributed by atoms with Crippen molar-refractivity contribution in [2.45, 2.75) is 32.4 Å². The molecule has 138 valence electrons. The van der Waals surface area contributed by atoms with E-state index in [-0.39, 0.29) is 11.5 Å². The second-order valence-electron chi connectivity index (χ2n) is 7.15. The Bertz CT molecular complexity index is 1070. The summed E-state index contributed by atoms with van der Waals surface area (Å²) in [5.74, 6) is -0.160. The van der Waals surface area contributed by atoms with Gasteiger partial charge in [0, 0.05) is 42.7 Å². The van der Waals surface area contributed by atoms with Crippen LogP contribution in [0.15, 0.2) is 57.7 Å². The third-order valence-corrected chi connectivity index (χ3v) is 5.20. The number of anilines is 1. The molecule has 0 radical (unpaired) electrons. The maximum atomic E-state index is 12.1. The van der Waals surface area contributed by atoms with Gasteiger partial charge in [0.15, 0.2) is 0 Å². The summed E-state index contributed by atoms with van der Waals surface area (Å²) in [5, 5.41) is 3.61. The zero-order chi connectivity index (χ0) is 19.0. The predicted octanol–water partition coefficient (Wildman–Crippen LogP) is 3.87. The van der Waals surface area contributed by atoms with Crippen molar-refractivity contribution in [2.24, 2.45) is 0 Å². The minimum atomic E-state index is -0.377. The predicted molar refractivity (Wildman–Crippen MR) is 106 cm³/mol. The number of benzene rings is 2. The van der Waals surface area contributed by atoms with Crippen LogP contribution in [0, 0.1) is 0 Å². The van der Waals surface area contributed by atoms with Crippen LogP contribution in [0.1, 0.15) is 36.1 Å². The zero-order valence-electron chi connectivity index (χ0n) is 15.5. The molecular weight excluding hydrogens is 340 g/mol. The quantitative estimate of drug-likeness (QED) is 0.716. The second-order valence-corrected chi connectivity index (χ2v) is 7.15. The molecule has 0 spiro atoms.